The summed E-state index contributed by atoms with van der Waals surface area (Å²) >= 11 is 12.3. The maximum absolute atomic E-state index is 12.6. The summed E-state index contributed by atoms with van der Waals surface area (Å²) in [5.41, 5.74) is 1.09. The molecular weight excluding hydrogens is 333 g/mol. The summed E-state index contributed by atoms with van der Waals surface area (Å²) in [4.78, 5) is 0.0558. The van der Waals surface area contributed by atoms with Crippen LogP contribution in [0.2, 0.25) is 10.0 Å². The molecule has 21 heavy (non-hydrogen) atoms. The van der Waals surface area contributed by atoms with Gasteiger partial charge in [-0.3, -0.25) is 0 Å². The van der Waals surface area contributed by atoms with Crippen LogP contribution in [0.1, 0.15) is 36.8 Å². The van der Waals surface area contributed by atoms with E-state index in [1.54, 1.807) is 19.9 Å². The Hall–Kier alpha value is -0.330. The molecule has 1 saturated carbocycles. The van der Waals surface area contributed by atoms with Crippen molar-refractivity contribution in [2.75, 3.05) is 0 Å². The molecule has 1 fully saturated rings. The Kier molecular flexibility index (Phi) is 5.21. The van der Waals surface area contributed by atoms with Gasteiger partial charge in [0.05, 0.1) is 11.1 Å². The van der Waals surface area contributed by atoms with Crippen molar-refractivity contribution >= 4 is 33.2 Å². The van der Waals surface area contributed by atoms with Crippen molar-refractivity contribution in [1.82, 2.24) is 4.72 Å². The number of benzene rings is 1. The zero-order chi connectivity index (χ0) is 15.8. The average molecular weight is 352 g/mol. The van der Waals surface area contributed by atoms with E-state index >= 15 is 0 Å². The van der Waals surface area contributed by atoms with Gasteiger partial charge in [0.1, 0.15) is 4.90 Å². The van der Waals surface area contributed by atoms with Gasteiger partial charge < -0.3 is 5.11 Å². The molecule has 0 radical (unpaired) electrons. The summed E-state index contributed by atoms with van der Waals surface area (Å²) < 4.78 is 27.9. The molecule has 0 bridgehead atoms. The Labute approximate surface area is 135 Å². The van der Waals surface area contributed by atoms with Crippen molar-refractivity contribution in [1.29, 1.82) is 0 Å². The second-order valence-corrected chi connectivity index (χ2v) is 8.01. The van der Waals surface area contributed by atoms with E-state index < -0.39 is 10.0 Å². The Morgan fingerprint density at radius 3 is 2.33 bits per heavy atom. The van der Waals surface area contributed by atoms with Crippen LogP contribution in [-0.2, 0) is 10.0 Å². The lowest BCUT2D eigenvalue weighted by Crippen LogP contribution is -2.39. The topological polar surface area (TPSA) is 66.4 Å². The van der Waals surface area contributed by atoms with E-state index in [9.17, 15) is 13.5 Å². The zero-order valence-electron chi connectivity index (χ0n) is 12.0. The fraction of sp³-hybridized carbons (Fsp3) is 0.571. The largest absolute Gasteiger partial charge is 0.393 e. The molecule has 0 amide bonds. The van der Waals surface area contributed by atoms with Crippen LogP contribution in [0, 0.1) is 13.8 Å². The molecule has 1 aliphatic rings. The molecule has 4 nitrogen and oxygen atoms in total. The molecule has 0 spiro atoms. The highest BCUT2D eigenvalue weighted by atomic mass is 35.5. The van der Waals surface area contributed by atoms with Crippen LogP contribution in [0.15, 0.2) is 11.0 Å². The number of sulfonamides is 1. The molecule has 2 rings (SSSR count). The third-order valence-electron chi connectivity index (χ3n) is 3.87. The standard InChI is InChI=1S/C14H19Cl2NO3S/c1-8-7-12(15)9(2)14(13(8)16)21(19,20)17-10-3-5-11(18)6-4-10/h7,10-11,17-18H,3-6H2,1-2H3. The van der Waals surface area contributed by atoms with Crippen LogP contribution in [0.5, 0.6) is 0 Å². The molecule has 1 aromatic rings. The van der Waals surface area contributed by atoms with E-state index in [2.05, 4.69) is 4.72 Å². The predicted octanol–water partition coefficient (Wildman–Crippen LogP) is 3.19. The molecule has 118 valence electrons. The summed E-state index contributed by atoms with van der Waals surface area (Å²) in [6.07, 6.45) is 2.13. The van der Waals surface area contributed by atoms with Crippen molar-refractivity contribution in [2.45, 2.75) is 56.6 Å². The fourth-order valence-corrected chi connectivity index (χ4v) is 5.12. The quantitative estimate of drug-likeness (QED) is 0.878. The van der Waals surface area contributed by atoms with Crippen LogP contribution in [0.3, 0.4) is 0 Å². The van der Waals surface area contributed by atoms with Gasteiger partial charge in [0.15, 0.2) is 0 Å². The summed E-state index contributed by atoms with van der Waals surface area (Å²) in [6, 6.07) is 1.49. The summed E-state index contributed by atoms with van der Waals surface area (Å²) in [5.74, 6) is 0. The SMILES string of the molecule is Cc1cc(Cl)c(C)c(S(=O)(=O)NC2CCC(O)CC2)c1Cl. The zero-order valence-corrected chi connectivity index (χ0v) is 14.3. The maximum atomic E-state index is 12.6. The number of halogens is 2. The monoisotopic (exact) mass is 351 g/mol. The Bertz CT molecular complexity index is 612. The highest BCUT2D eigenvalue weighted by molar-refractivity contribution is 7.89. The Balaban J connectivity index is 2.32. The second kappa shape index (κ2) is 6.42. The van der Waals surface area contributed by atoms with Crippen LogP contribution < -0.4 is 4.72 Å². The van der Waals surface area contributed by atoms with E-state index in [1.807, 2.05) is 0 Å². The van der Waals surface area contributed by atoms with E-state index in [0.717, 1.165) is 0 Å². The summed E-state index contributed by atoms with van der Waals surface area (Å²) in [5, 5.41) is 10.1. The van der Waals surface area contributed by atoms with Gasteiger partial charge in [0, 0.05) is 11.1 Å². The van der Waals surface area contributed by atoms with Crippen LogP contribution in [0.4, 0.5) is 0 Å². The molecule has 1 aromatic carbocycles. The third kappa shape index (κ3) is 3.71. The lowest BCUT2D eigenvalue weighted by molar-refractivity contribution is 0.120. The minimum atomic E-state index is -3.73. The van der Waals surface area contributed by atoms with Gasteiger partial charge in [-0.25, -0.2) is 13.1 Å². The molecule has 0 unspecified atom stereocenters. The molecule has 7 heteroatoms. The number of nitrogens with one attached hydrogen (secondary N) is 1. The van der Waals surface area contributed by atoms with Crippen LogP contribution >= 0.6 is 23.2 Å². The molecule has 0 aliphatic heterocycles. The van der Waals surface area contributed by atoms with Gasteiger partial charge in [0.2, 0.25) is 10.0 Å². The minimum absolute atomic E-state index is 0.0558. The number of aryl methyl sites for hydroxylation is 1. The molecule has 0 heterocycles. The first-order chi connectivity index (χ1) is 9.72. The van der Waals surface area contributed by atoms with Gasteiger partial charge >= 0.3 is 0 Å². The third-order valence-corrected chi connectivity index (χ3v) is 6.56. The Morgan fingerprint density at radius 2 is 1.76 bits per heavy atom. The smallest absolute Gasteiger partial charge is 0.242 e. The number of aliphatic hydroxyl groups is 1. The molecule has 0 aromatic heterocycles. The van der Waals surface area contributed by atoms with Gasteiger partial charge in [-0.1, -0.05) is 23.2 Å². The van der Waals surface area contributed by atoms with Gasteiger partial charge in [-0.15, -0.1) is 0 Å². The van der Waals surface area contributed by atoms with Gasteiger partial charge in [0.25, 0.3) is 0 Å². The normalized spacial score (nSPS) is 23.3. The number of rotatable bonds is 3. The van der Waals surface area contributed by atoms with E-state index in [1.165, 1.54) is 0 Å². The lowest BCUT2D eigenvalue weighted by Gasteiger charge is -2.26. The van der Waals surface area contributed by atoms with Crippen molar-refractivity contribution in [2.24, 2.45) is 0 Å². The number of hydrogen-bond acceptors (Lipinski definition) is 3. The van der Waals surface area contributed by atoms with E-state index in [4.69, 9.17) is 23.2 Å². The highest BCUT2D eigenvalue weighted by Gasteiger charge is 2.28. The highest BCUT2D eigenvalue weighted by Crippen LogP contribution is 2.34. The van der Waals surface area contributed by atoms with Crippen LogP contribution in [-0.4, -0.2) is 25.7 Å². The first kappa shape index (κ1) is 17.0. The molecular formula is C14H19Cl2NO3S. The first-order valence-corrected chi connectivity index (χ1v) is 9.12. The van der Waals surface area contributed by atoms with Crippen molar-refractivity contribution in [3.8, 4) is 0 Å². The lowest BCUT2D eigenvalue weighted by atomic mass is 9.94. The van der Waals surface area contributed by atoms with Crippen molar-refractivity contribution < 1.29 is 13.5 Å². The van der Waals surface area contributed by atoms with Gasteiger partial charge in [-0.05, 0) is 56.7 Å². The predicted molar refractivity (Wildman–Crippen MR) is 84.5 cm³/mol. The van der Waals surface area contributed by atoms with E-state index in [0.29, 0.717) is 41.8 Å². The van der Waals surface area contributed by atoms with Crippen molar-refractivity contribution in [3.05, 3.63) is 27.2 Å². The van der Waals surface area contributed by atoms with Crippen molar-refractivity contribution in [3.63, 3.8) is 0 Å². The molecule has 2 N–H and O–H groups in total. The van der Waals surface area contributed by atoms with Crippen LogP contribution in [0.25, 0.3) is 0 Å². The van der Waals surface area contributed by atoms with E-state index in [-0.39, 0.29) is 22.1 Å². The summed E-state index contributed by atoms with van der Waals surface area (Å²) in [7, 11) is -3.73. The number of hydrogen-bond donors (Lipinski definition) is 2. The second-order valence-electron chi connectivity index (χ2n) is 5.57. The first-order valence-electron chi connectivity index (χ1n) is 6.88. The summed E-state index contributed by atoms with van der Waals surface area (Å²) in [6.45, 7) is 3.37. The molecule has 1 aliphatic carbocycles. The fourth-order valence-electron chi connectivity index (χ4n) is 2.61. The molecule has 0 saturated heterocycles. The average Bonchev–Trinajstić information content (AvgIpc) is 2.39. The molecule has 0 atom stereocenters. The number of aliphatic hydroxyl groups excluding tert-OH is 1. The minimum Gasteiger partial charge on any atom is -0.393 e. The van der Waals surface area contributed by atoms with Gasteiger partial charge in [-0.2, -0.15) is 0 Å². The maximum Gasteiger partial charge on any atom is 0.242 e. The Morgan fingerprint density at radius 1 is 1.19 bits per heavy atom.